The van der Waals surface area contributed by atoms with Crippen molar-refractivity contribution < 1.29 is 0 Å². The van der Waals surface area contributed by atoms with Gasteiger partial charge in [0.25, 0.3) is 0 Å². The third-order valence-electron chi connectivity index (χ3n) is 2.74. The van der Waals surface area contributed by atoms with Crippen molar-refractivity contribution in [3.8, 4) is 0 Å². The van der Waals surface area contributed by atoms with Crippen molar-refractivity contribution in [2.45, 2.75) is 32.9 Å². The van der Waals surface area contributed by atoms with Crippen molar-refractivity contribution in [3.63, 3.8) is 0 Å². The molecule has 1 unspecified atom stereocenters. The molecule has 0 radical (unpaired) electrons. The summed E-state index contributed by atoms with van der Waals surface area (Å²) in [7, 11) is 0. The average molecular weight is 339 g/mol. The van der Waals surface area contributed by atoms with Gasteiger partial charge in [-0.05, 0) is 35.3 Å². The number of anilines is 2. The van der Waals surface area contributed by atoms with E-state index in [1.807, 2.05) is 16.9 Å². The smallest absolute Gasteiger partial charge is 0.146 e. The lowest BCUT2D eigenvalue weighted by molar-refractivity contribution is 0.559. The molecule has 108 valence electrons. The van der Waals surface area contributed by atoms with Crippen LogP contribution in [0, 0.1) is 0 Å². The van der Waals surface area contributed by atoms with Gasteiger partial charge in [-0.3, -0.25) is 4.68 Å². The zero-order chi connectivity index (χ0) is 14.4. The maximum Gasteiger partial charge on any atom is 0.146 e. The topological polar surface area (TPSA) is 67.7 Å². The molecule has 0 aromatic carbocycles. The van der Waals surface area contributed by atoms with Gasteiger partial charge in [-0.1, -0.05) is 6.92 Å². The summed E-state index contributed by atoms with van der Waals surface area (Å²) in [5.41, 5.74) is 0. The molecule has 0 saturated heterocycles. The predicted molar refractivity (Wildman–Crippen MR) is 83.8 cm³/mol. The predicted octanol–water partition coefficient (Wildman–Crippen LogP) is 2.76. The second-order valence-corrected chi connectivity index (χ2v) is 5.38. The van der Waals surface area contributed by atoms with Gasteiger partial charge in [0.15, 0.2) is 0 Å². The molecule has 0 fully saturated rings. The molecule has 1 atom stereocenters. The second-order valence-electron chi connectivity index (χ2n) is 4.59. The highest BCUT2D eigenvalue weighted by molar-refractivity contribution is 9.10. The maximum absolute atomic E-state index is 4.28. The van der Waals surface area contributed by atoms with Gasteiger partial charge in [-0.2, -0.15) is 5.10 Å². The summed E-state index contributed by atoms with van der Waals surface area (Å²) in [5.74, 6) is 1.61. The third-order valence-corrected chi connectivity index (χ3v) is 3.49. The van der Waals surface area contributed by atoms with E-state index in [-0.39, 0.29) is 6.04 Å². The van der Waals surface area contributed by atoms with Gasteiger partial charge in [0.2, 0.25) is 0 Å². The van der Waals surface area contributed by atoms with E-state index in [1.54, 1.807) is 12.5 Å². The van der Waals surface area contributed by atoms with Crippen LogP contribution >= 0.6 is 15.9 Å². The quantitative estimate of drug-likeness (QED) is 0.812. The first-order chi connectivity index (χ1) is 9.70. The Kier molecular flexibility index (Phi) is 5.34. The van der Waals surface area contributed by atoms with Crippen LogP contribution in [0.5, 0.6) is 0 Å². The molecule has 2 aromatic heterocycles. The molecule has 0 saturated carbocycles. The summed E-state index contributed by atoms with van der Waals surface area (Å²) in [6.45, 7) is 5.88. The Morgan fingerprint density at radius 1 is 1.35 bits per heavy atom. The average Bonchev–Trinajstić information content (AvgIpc) is 2.92. The number of halogens is 1. The van der Waals surface area contributed by atoms with E-state index in [1.165, 1.54) is 0 Å². The van der Waals surface area contributed by atoms with Crippen molar-refractivity contribution in [1.29, 1.82) is 0 Å². The van der Waals surface area contributed by atoms with Crippen LogP contribution in [0.25, 0.3) is 0 Å². The van der Waals surface area contributed by atoms with Crippen LogP contribution in [-0.4, -0.2) is 32.3 Å². The minimum absolute atomic E-state index is 0.208. The standard InChI is InChI=1S/C13H19BrN6/c1-3-5-15-12-11(14)13(17-9-16-12)19-10(2)8-20-7-4-6-18-20/h4,6-7,9-10H,3,5,8H2,1-2H3,(H2,15,16,17,19). The molecule has 0 aliphatic rings. The lowest BCUT2D eigenvalue weighted by Gasteiger charge is -2.16. The zero-order valence-corrected chi connectivity index (χ0v) is 13.3. The van der Waals surface area contributed by atoms with Crippen LogP contribution in [0.1, 0.15) is 20.3 Å². The number of nitrogens with zero attached hydrogens (tertiary/aromatic N) is 4. The van der Waals surface area contributed by atoms with E-state index in [9.17, 15) is 0 Å². The fourth-order valence-corrected chi connectivity index (χ4v) is 2.26. The molecule has 2 aromatic rings. The number of nitrogens with one attached hydrogen (secondary N) is 2. The summed E-state index contributed by atoms with van der Waals surface area (Å²) >= 11 is 3.55. The number of hydrogen-bond donors (Lipinski definition) is 2. The Hall–Kier alpha value is -1.63. The van der Waals surface area contributed by atoms with Crippen LogP contribution in [-0.2, 0) is 6.54 Å². The molecule has 2 N–H and O–H groups in total. The minimum Gasteiger partial charge on any atom is -0.369 e. The zero-order valence-electron chi connectivity index (χ0n) is 11.7. The van der Waals surface area contributed by atoms with Gasteiger partial charge in [0.1, 0.15) is 22.4 Å². The molecule has 2 rings (SSSR count). The van der Waals surface area contributed by atoms with Crippen molar-refractivity contribution in [3.05, 3.63) is 29.3 Å². The molecule has 6 nitrogen and oxygen atoms in total. The molecule has 7 heteroatoms. The van der Waals surface area contributed by atoms with Gasteiger partial charge in [-0.15, -0.1) is 0 Å². The van der Waals surface area contributed by atoms with E-state index >= 15 is 0 Å². The van der Waals surface area contributed by atoms with Crippen molar-refractivity contribution in [2.75, 3.05) is 17.2 Å². The monoisotopic (exact) mass is 338 g/mol. The molecule has 0 aliphatic heterocycles. The van der Waals surface area contributed by atoms with Crippen molar-refractivity contribution >= 4 is 27.6 Å². The molecule has 0 amide bonds. The fraction of sp³-hybridized carbons (Fsp3) is 0.462. The van der Waals surface area contributed by atoms with Gasteiger partial charge in [-0.25, -0.2) is 9.97 Å². The first kappa shape index (κ1) is 14.8. The summed E-state index contributed by atoms with van der Waals surface area (Å²) in [6, 6.07) is 2.13. The van der Waals surface area contributed by atoms with Gasteiger partial charge < -0.3 is 10.6 Å². The highest BCUT2D eigenvalue weighted by atomic mass is 79.9. The van der Waals surface area contributed by atoms with Crippen LogP contribution in [0.4, 0.5) is 11.6 Å². The van der Waals surface area contributed by atoms with E-state index in [0.29, 0.717) is 0 Å². The van der Waals surface area contributed by atoms with Gasteiger partial charge >= 0.3 is 0 Å². The van der Waals surface area contributed by atoms with E-state index < -0.39 is 0 Å². The first-order valence-corrected chi connectivity index (χ1v) is 7.48. The lowest BCUT2D eigenvalue weighted by Crippen LogP contribution is -2.23. The highest BCUT2D eigenvalue weighted by Gasteiger charge is 2.11. The Balaban J connectivity index is 2.01. The summed E-state index contributed by atoms with van der Waals surface area (Å²) < 4.78 is 2.75. The Bertz CT molecular complexity index is 528. The van der Waals surface area contributed by atoms with Gasteiger partial charge in [0, 0.05) is 25.0 Å². The van der Waals surface area contributed by atoms with Crippen molar-refractivity contribution in [2.24, 2.45) is 0 Å². The number of aromatic nitrogens is 4. The molecule has 0 bridgehead atoms. The first-order valence-electron chi connectivity index (χ1n) is 6.69. The van der Waals surface area contributed by atoms with Gasteiger partial charge in [0.05, 0.1) is 6.54 Å². The Morgan fingerprint density at radius 3 is 2.85 bits per heavy atom. The molecule has 0 aliphatic carbocycles. The Labute approximate surface area is 127 Å². The molecule has 20 heavy (non-hydrogen) atoms. The minimum atomic E-state index is 0.208. The summed E-state index contributed by atoms with van der Waals surface area (Å²) in [5, 5.41) is 10.8. The van der Waals surface area contributed by atoms with Crippen LogP contribution < -0.4 is 10.6 Å². The van der Waals surface area contributed by atoms with Crippen molar-refractivity contribution in [1.82, 2.24) is 19.7 Å². The third kappa shape index (κ3) is 3.93. The fourth-order valence-electron chi connectivity index (χ4n) is 1.81. The van der Waals surface area contributed by atoms with Crippen LogP contribution in [0.2, 0.25) is 0 Å². The largest absolute Gasteiger partial charge is 0.369 e. The highest BCUT2D eigenvalue weighted by Crippen LogP contribution is 2.26. The number of rotatable bonds is 7. The summed E-state index contributed by atoms with van der Waals surface area (Å²) in [4.78, 5) is 8.51. The SMILES string of the molecule is CCCNc1ncnc(NC(C)Cn2cccn2)c1Br. The second kappa shape index (κ2) is 7.23. The van der Waals surface area contributed by atoms with Crippen LogP contribution in [0.15, 0.2) is 29.3 Å². The Morgan fingerprint density at radius 2 is 2.15 bits per heavy atom. The van der Waals surface area contributed by atoms with Crippen LogP contribution in [0.3, 0.4) is 0 Å². The lowest BCUT2D eigenvalue weighted by atomic mass is 10.3. The normalized spacial score (nSPS) is 12.2. The summed E-state index contributed by atoms with van der Waals surface area (Å²) in [6.07, 6.45) is 6.34. The van der Waals surface area contributed by atoms with E-state index in [4.69, 9.17) is 0 Å². The number of hydrogen-bond acceptors (Lipinski definition) is 5. The molecular formula is C13H19BrN6. The maximum atomic E-state index is 4.28. The molecule has 0 spiro atoms. The molecule has 2 heterocycles. The molecular weight excluding hydrogens is 320 g/mol. The van der Waals surface area contributed by atoms with E-state index in [2.05, 4.69) is 55.5 Å². The van der Waals surface area contributed by atoms with E-state index in [0.717, 1.165) is 35.6 Å².